The fraction of sp³-hybridized carbons (Fsp3) is 0.500. The number of nitro benzene ring substituents is 1. The van der Waals surface area contributed by atoms with Crippen molar-refractivity contribution in [3.05, 3.63) is 38.3 Å². The summed E-state index contributed by atoms with van der Waals surface area (Å²) < 4.78 is 0.523. The van der Waals surface area contributed by atoms with Crippen LogP contribution in [-0.4, -0.2) is 34.9 Å². The van der Waals surface area contributed by atoms with E-state index in [1.165, 1.54) is 12.1 Å². The van der Waals surface area contributed by atoms with Crippen LogP contribution in [0.15, 0.2) is 22.7 Å². The predicted octanol–water partition coefficient (Wildman–Crippen LogP) is 2.98. The average molecular weight is 393 g/mol. The summed E-state index contributed by atoms with van der Waals surface area (Å²) in [6, 6.07) is 4.31. The summed E-state index contributed by atoms with van der Waals surface area (Å²) in [7, 11) is 0. The molecular weight excluding hydrogens is 374 g/mol. The summed E-state index contributed by atoms with van der Waals surface area (Å²) in [5, 5.41) is 10.9. The van der Waals surface area contributed by atoms with Gasteiger partial charge in [0.1, 0.15) is 0 Å². The Hall–Kier alpha value is -1.18. The Kier molecular flexibility index (Phi) is 6.77. The molecule has 0 aromatic heterocycles. The number of hydrogen-bond donors (Lipinski definition) is 1. The van der Waals surface area contributed by atoms with E-state index >= 15 is 0 Å². The molecule has 2 N–H and O–H groups in total. The number of nitrogens with two attached hydrogens (primary N) is 1. The van der Waals surface area contributed by atoms with Gasteiger partial charge in [-0.3, -0.25) is 14.9 Å². The molecule has 0 aliphatic carbocycles. The van der Waals surface area contributed by atoms with Crippen LogP contribution in [0.25, 0.3) is 0 Å². The standard InChI is InChI=1S/C14H18BrN3O3.ClH/c1-9-3-2-4-17(13(9)8-16)14(19)10-5-11(15)7-12(6-10)18(20)21;/h5-7,9,13H,2-4,8,16H2,1H3;1H. The van der Waals surface area contributed by atoms with Crippen molar-refractivity contribution in [1.82, 2.24) is 4.90 Å². The van der Waals surface area contributed by atoms with Crippen molar-refractivity contribution in [3.63, 3.8) is 0 Å². The van der Waals surface area contributed by atoms with Crippen molar-refractivity contribution in [2.75, 3.05) is 13.1 Å². The van der Waals surface area contributed by atoms with Crippen molar-refractivity contribution in [3.8, 4) is 0 Å². The molecule has 2 atom stereocenters. The Morgan fingerprint density at radius 2 is 2.18 bits per heavy atom. The first-order valence-corrected chi connectivity index (χ1v) is 7.69. The largest absolute Gasteiger partial charge is 0.334 e. The number of amides is 1. The van der Waals surface area contributed by atoms with Gasteiger partial charge in [-0.2, -0.15) is 0 Å². The van der Waals surface area contributed by atoms with Gasteiger partial charge in [-0.25, -0.2) is 0 Å². The Balaban J connectivity index is 0.00000242. The van der Waals surface area contributed by atoms with Crippen LogP contribution in [0.3, 0.4) is 0 Å². The Labute approximate surface area is 143 Å². The third kappa shape index (κ3) is 3.97. The number of rotatable bonds is 3. The molecule has 0 saturated carbocycles. The van der Waals surface area contributed by atoms with Crippen LogP contribution in [0.2, 0.25) is 0 Å². The number of likely N-dealkylation sites (tertiary alicyclic amines) is 1. The van der Waals surface area contributed by atoms with Gasteiger partial charge in [0.05, 0.1) is 4.92 Å². The molecule has 22 heavy (non-hydrogen) atoms. The van der Waals surface area contributed by atoms with E-state index in [2.05, 4.69) is 22.9 Å². The van der Waals surface area contributed by atoms with Crippen molar-refractivity contribution >= 4 is 39.9 Å². The molecular formula is C14H19BrClN3O3. The molecule has 0 bridgehead atoms. The first kappa shape index (κ1) is 18.9. The lowest BCUT2D eigenvalue weighted by molar-refractivity contribution is -0.385. The van der Waals surface area contributed by atoms with E-state index in [1.807, 2.05) is 0 Å². The fourth-order valence-electron chi connectivity index (χ4n) is 2.83. The predicted molar refractivity (Wildman–Crippen MR) is 90.3 cm³/mol. The molecule has 8 heteroatoms. The van der Waals surface area contributed by atoms with Gasteiger partial charge in [0.25, 0.3) is 11.6 Å². The normalized spacial score (nSPS) is 21.1. The van der Waals surface area contributed by atoms with Gasteiger partial charge in [0.15, 0.2) is 0 Å². The van der Waals surface area contributed by atoms with Gasteiger partial charge in [0.2, 0.25) is 0 Å². The SMILES string of the molecule is CC1CCCN(C(=O)c2cc(Br)cc([N+](=O)[O-])c2)C1CN.Cl. The molecule has 122 valence electrons. The van der Waals surface area contributed by atoms with Crippen LogP contribution in [-0.2, 0) is 0 Å². The van der Waals surface area contributed by atoms with E-state index in [4.69, 9.17) is 5.73 Å². The second kappa shape index (κ2) is 7.89. The van der Waals surface area contributed by atoms with Gasteiger partial charge in [-0.05, 0) is 24.8 Å². The Morgan fingerprint density at radius 1 is 1.50 bits per heavy atom. The number of hydrogen-bond acceptors (Lipinski definition) is 4. The number of nitro groups is 1. The van der Waals surface area contributed by atoms with E-state index in [0.29, 0.717) is 29.0 Å². The van der Waals surface area contributed by atoms with E-state index in [0.717, 1.165) is 12.8 Å². The summed E-state index contributed by atoms with van der Waals surface area (Å²) >= 11 is 3.22. The molecule has 1 saturated heterocycles. The first-order valence-electron chi connectivity index (χ1n) is 6.90. The summed E-state index contributed by atoms with van der Waals surface area (Å²) in [6.45, 7) is 3.13. The fourth-order valence-corrected chi connectivity index (χ4v) is 3.31. The highest BCUT2D eigenvalue weighted by atomic mass is 79.9. The third-order valence-electron chi connectivity index (χ3n) is 3.96. The van der Waals surface area contributed by atoms with Gasteiger partial charge in [0, 0.05) is 41.3 Å². The lowest BCUT2D eigenvalue weighted by Gasteiger charge is -2.39. The molecule has 1 amide bonds. The lowest BCUT2D eigenvalue weighted by Crippen LogP contribution is -2.51. The number of carbonyl (C=O) groups excluding carboxylic acids is 1. The lowest BCUT2D eigenvalue weighted by atomic mass is 9.90. The molecule has 0 spiro atoms. The minimum absolute atomic E-state index is 0. The number of nitrogens with zero attached hydrogens (tertiary/aromatic N) is 2. The number of halogens is 2. The summed E-state index contributed by atoms with van der Waals surface area (Å²) in [5.41, 5.74) is 6.02. The van der Waals surface area contributed by atoms with E-state index in [1.54, 1.807) is 11.0 Å². The number of benzene rings is 1. The van der Waals surface area contributed by atoms with Crippen molar-refractivity contribution < 1.29 is 9.72 Å². The highest BCUT2D eigenvalue weighted by Gasteiger charge is 2.31. The van der Waals surface area contributed by atoms with E-state index in [9.17, 15) is 14.9 Å². The molecule has 2 unspecified atom stereocenters. The smallest absolute Gasteiger partial charge is 0.271 e. The number of non-ortho nitro benzene ring substituents is 1. The van der Waals surface area contributed by atoms with Crippen molar-refractivity contribution in [2.24, 2.45) is 11.7 Å². The van der Waals surface area contributed by atoms with Crippen LogP contribution in [0, 0.1) is 16.0 Å². The summed E-state index contributed by atoms with van der Waals surface area (Å²) in [6.07, 6.45) is 1.98. The topological polar surface area (TPSA) is 89.5 Å². The molecule has 1 heterocycles. The molecule has 1 aromatic rings. The van der Waals surface area contributed by atoms with E-state index < -0.39 is 4.92 Å². The van der Waals surface area contributed by atoms with E-state index in [-0.39, 0.29) is 30.0 Å². The van der Waals surface area contributed by atoms with Crippen LogP contribution >= 0.6 is 28.3 Å². The molecule has 6 nitrogen and oxygen atoms in total. The van der Waals surface area contributed by atoms with Crippen LogP contribution in [0.5, 0.6) is 0 Å². The molecule has 2 rings (SSSR count). The third-order valence-corrected chi connectivity index (χ3v) is 4.42. The minimum Gasteiger partial charge on any atom is -0.334 e. The maximum absolute atomic E-state index is 12.7. The first-order chi connectivity index (χ1) is 9.93. The van der Waals surface area contributed by atoms with Gasteiger partial charge < -0.3 is 10.6 Å². The zero-order valence-corrected chi connectivity index (χ0v) is 14.6. The van der Waals surface area contributed by atoms with Crippen LogP contribution in [0.4, 0.5) is 5.69 Å². The van der Waals surface area contributed by atoms with Gasteiger partial charge in [-0.1, -0.05) is 22.9 Å². The van der Waals surface area contributed by atoms with Crippen LogP contribution in [0.1, 0.15) is 30.1 Å². The van der Waals surface area contributed by atoms with Gasteiger partial charge in [-0.15, -0.1) is 12.4 Å². The second-order valence-electron chi connectivity index (χ2n) is 5.38. The molecule has 1 aromatic carbocycles. The molecule has 1 aliphatic rings. The molecule has 1 aliphatic heterocycles. The Bertz CT molecular complexity index is 570. The highest BCUT2D eigenvalue weighted by molar-refractivity contribution is 9.10. The minimum atomic E-state index is -0.499. The average Bonchev–Trinajstić information content (AvgIpc) is 2.45. The highest BCUT2D eigenvalue weighted by Crippen LogP contribution is 2.27. The maximum atomic E-state index is 12.7. The quantitative estimate of drug-likeness (QED) is 0.632. The molecule has 0 radical (unpaired) electrons. The monoisotopic (exact) mass is 391 g/mol. The zero-order chi connectivity index (χ0) is 15.6. The van der Waals surface area contributed by atoms with Gasteiger partial charge >= 0.3 is 0 Å². The Morgan fingerprint density at radius 3 is 2.77 bits per heavy atom. The summed E-state index contributed by atoms with van der Waals surface area (Å²) in [4.78, 5) is 24.8. The summed E-state index contributed by atoms with van der Waals surface area (Å²) in [5.74, 6) is 0.149. The second-order valence-corrected chi connectivity index (χ2v) is 6.29. The van der Waals surface area contributed by atoms with Crippen molar-refractivity contribution in [1.29, 1.82) is 0 Å². The maximum Gasteiger partial charge on any atom is 0.271 e. The number of carbonyl (C=O) groups is 1. The zero-order valence-electron chi connectivity index (χ0n) is 12.2. The van der Waals surface area contributed by atoms with Crippen molar-refractivity contribution in [2.45, 2.75) is 25.8 Å². The number of piperidine rings is 1. The van der Waals surface area contributed by atoms with Crippen LogP contribution < -0.4 is 5.73 Å². The molecule has 1 fully saturated rings.